The number of primary amides is 1. The molecule has 248 valence electrons. The van der Waals surface area contributed by atoms with Crippen molar-refractivity contribution in [2.75, 3.05) is 0 Å². The minimum Gasteiger partial charge on any atom is -0.507 e. The molecule has 12 nitrogen and oxygen atoms in total. The number of carbonyl (C=O) groups is 5. The van der Waals surface area contributed by atoms with E-state index in [1.165, 1.54) is 6.07 Å². The van der Waals surface area contributed by atoms with Crippen LogP contribution in [0.15, 0.2) is 48.5 Å². The minimum atomic E-state index is -1.69. The van der Waals surface area contributed by atoms with E-state index in [0.717, 1.165) is 0 Å². The van der Waals surface area contributed by atoms with Gasteiger partial charge in [0.1, 0.15) is 29.0 Å². The highest BCUT2D eigenvalue weighted by Gasteiger charge is 2.39. The number of terminal acetylenes is 1. The van der Waals surface area contributed by atoms with Gasteiger partial charge in [0.2, 0.25) is 11.8 Å². The van der Waals surface area contributed by atoms with Gasteiger partial charge in [-0.2, -0.15) is 0 Å². The number of esters is 1. The Morgan fingerprint density at radius 2 is 1.52 bits per heavy atom. The molecule has 12 heteroatoms. The van der Waals surface area contributed by atoms with Crippen LogP contribution in [0.1, 0.15) is 77.1 Å². The summed E-state index contributed by atoms with van der Waals surface area (Å²) < 4.78 is 10.9. The SMILES string of the molecule is C#CN(C(=O)C(CCC(N)=O)NC(=O)OC(C)(C)C)C(C(=O)NC(Cc1ccccc1)C(=O)OC(C)(C)C)c1cccc(C)c1O. The van der Waals surface area contributed by atoms with Crippen molar-refractivity contribution in [3.63, 3.8) is 0 Å². The number of benzene rings is 2. The molecule has 4 amide bonds. The van der Waals surface area contributed by atoms with E-state index in [0.29, 0.717) is 16.0 Å². The largest absolute Gasteiger partial charge is 0.507 e. The monoisotopic (exact) mass is 636 g/mol. The molecule has 2 aromatic rings. The van der Waals surface area contributed by atoms with Gasteiger partial charge in [0.25, 0.3) is 5.91 Å². The molecule has 0 aliphatic heterocycles. The smallest absolute Gasteiger partial charge is 0.408 e. The standard InChI is InChI=1S/C34H44N4O8/c1-9-38(30(42)24(18-19-26(35)39)37-32(44)46-34(6,7)8)27(23-17-13-14-21(2)28(23)40)29(41)36-25(31(43)45-33(3,4)5)20-22-15-11-10-12-16-22/h1,10-17,24-25,27,40H,18-20H2,2-8H3,(H2,35,39)(H,36,41)(H,37,44). The van der Waals surface area contributed by atoms with E-state index in [1.54, 1.807) is 90.9 Å². The van der Waals surface area contributed by atoms with Crippen LogP contribution in [0, 0.1) is 19.4 Å². The molecule has 0 heterocycles. The maximum atomic E-state index is 14.2. The highest BCUT2D eigenvalue weighted by atomic mass is 16.6. The molecule has 0 saturated heterocycles. The highest BCUT2D eigenvalue weighted by Crippen LogP contribution is 2.32. The molecule has 0 bridgehead atoms. The van der Waals surface area contributed by atoms with Crippen LogP contribution in [-0.2, 0) is 35.1 Å². The summed E-state index contributed by atoms with van der Waals surface area (Å²) in [4.78, 5) is 66.5. The summed E-state index contributed by atoms with van der Waals surface area (Å²) in [5.41, 5.74) is 4.57. The summed E-state index contributed by atoms with van der Waals surface area (Å²) >= 11 is 0. The Bertz CT molecular complexity index is 1450. The number of hydrogen-bond donors (Lipinski definition) is 4. The van der Waals surface area contributed by atoms with Gasteiger partial charge in [-0.3, -0.25) is 19.3 Å². The zero-order valence-corrected chi connectivity index (χ0v) is 27.4. The Morgan fingerprint density at radius 3 is 2.07 bits per heavy atom. The fraction of sp³-hybridized carbons (Fsp3) is 0.441. The summed E-state index contributed by atoms with van der Waals surface area (Å²) in [7, 11) is 0. The van der Waals surface area contributed by atoms with E-state index in [2.05, 4.69) is 16.7 Å². The number of hydrogen-bond acceptors (Lipinski definition) is 8. The molecular weight excluding hydrogens is 592 g/mol. The summed E-state index contributed by atoms with van der Waals surface area (Å²) in [5, 5.41) is 16.1. The second-order valence-electron chi connectivity index (χ2n) is 12.7. The first-order chi connectivity index (χ1) is 21.3. The minimum absolute atomic E-state index is 0.0411. The average Bonchev–Trinajstić information content (AvgIpc) is 2.93. The lowest BCUT2D eigenvalue weighted by molar-refractivity contribution is -0.159. The Hall–Kier alpha value is -5.05. The van der Waals surface area contributed by atoms with Crippen LogP contribution in [-0.4, -0.2) is 63.1 Å². The zero-order valence-electron chi connectivity index (χ0n) is 27.4. The van der Waals surface area contributed by atoms with Gasteiger partial charge in [-0.15, -0.1) is 0 Å². The Morgan fingerprint density at radius 1 is 0.913 bits per heavy atom. The molecule has 46 heavy (non-hydrogen) atoms. The first-order valence-electron chi connectivity index (χ1n) is 14.8. The molecule has 0 saturated carbocycles. The van der Waals surface area contributed by atoms with Crippen LogP contribution in [0.3, 0.4) is 0 Å². The molecule has 2 rings (SSSR count). The van der Waals surface area contributed by atoms with Crippen molar-refractivity contribution in [2.45, 2.75) is 97.1 Å². The number of phenolic OH excluding ortho intramolecular Hbond substituents is 1. The number of alkyl carbamates (subject to hydrolysis) is 1. The maximum absolute atomic E-state index is 14.2. The van der Waals surface area contributed by atoms with Crippen molar-refractivity contribution in [3.05, 3.63) is 65.2 Å². The molecule has 0 aliphatic carbocycles. The summed E-state index contributed by atoms with van der Waals surface area (Å²) in [5.74, 6) is -3.68. The summed E-state index contributed by atoms with van der Waals surface area (Å²) in [6, 6.07) is 11.3. The van der Waals surface area contributed by atoms with Gasteiger partial charge in [-0.25, -0.2) is 9.59 Å². The zero-order chi connectivity index (χ0) is 34.8. The number of aryl methyl sites for hydroxylation is 1. The van der Waals surface area contributed by atoms with E-state index < -0.39 is 59.1 Å². The second-order valence-corrected chi connectivity index (χ2v) is 12.7. The first-order valence-corrected chi connectivity index (χ1v) is 14.8. The number of phenols is 1. The fourth-order valence-corrected chi connectivity index (χ4v) is 4.39. The number of nitrogens with one attached hydrogen (secondary N) is 2. The second kappa shape index (κ2) is 15.8. The van der Waals surface area contributed by atoms with Gasteiger partial charge in [0, 0.05) is 24.4 Å². The number of nitrogens with two attached hydrogens (primary N) is 1. The molecule has 0 fully saturated rings. The van der Waals surface area contributed by atoms with E-state index >= 15 is 0 Å². The molecule has 2 aromatic carbocycles. The van der Waals surface area contributed by atoms with Crippen LogP contribution in [0.25, 0.3) is 0 Å². The summed E-state index contributed by atoms with van der Waals surface area (Å²) in [6.07, 6.45) is 4.32. The highest BCUT2D eigenvalue weighted by molar-refractivity contribution is 5.95. The molecule has 3 atom stereocenters. The number of amides is 4. The normalized spacial score (nSPS) is 13.3. The van der Waals surface area contributed by atoms with Gasteiger partial charge in [0.05, 0.1) is 0 Å². The van der Waals surface area contributed by atoms with Gasteiger partial charge < -0.3 is 30.9 Å². The molecule has 0 radical (unpaired) electrons. The number of aromatic hydroxyl groups is 1. The third kappa shape index (κ3) is 11.5. The Labute approximate surface area is 270 Å². The lowest BCUT2D eigenvalue weighted by Gasteiger charge is -2.32. The number of ether oxygens (including phenoxy) is 2. The Balaban J connectivity index is 2.61. The van der Waals surface area contributed by atoms with Crippen molar-refractivity contribution in [1.29, 1.82) is 0 Å². The van der Waals surface area contributed by atoms with Crippen molar-refractivity contribution in [3.8, 4) is 18.2 Å². The topological polar surface area (TPSA) is 177 Å². The van der Waals surface area contributed by atoms with E-state index in [1.807, 2.05) is 0 Å². The van der Waals surface area contributed by atoms with Gasteiger partial charge in [-0.05, 0) is 66.0 Å². The molecule has 5 N–H and O–H groups in total. The van der Waals surface area contributed by atoms with Crippen molar-refractivity contribution in [2.24, 2.45) is 5.73 Å². The van der Waals surface area contributed by atoms with E-state index in [9.17, 15) is 29.1 Å². The lowest BCUT2D eigenvalue weighted by Crippen LogP contribution is -2.54. The number of para-hydroxylation sites is 1. The maximum Gasteiger partial charge on any atom is 0.408 e. The lowest BCUT2D eigenvalue weighted by atomic mass is 9.98. The van der Waals surface area contributed by atoms with Crippen molar-refractivity contribution < 1.29 is 38.6 Å². The molecule has 0 spiro atoms. The Kier molecular flexibility index (Phi) is 12.8. The van der Waals surface area contributed by atoms with Crippen LogP contribution in [0.5, 0.6) is 5.75 Å². The van der Waals surface area contributed by atoms with E-state index in [4.69, 9.17) is 21.6 Å². The number of nitrogens with zero attached hydrogens (tertiary/aromatic N) is 1. The molecule has 0 aromatic heterocycles. The van der Waals surface area contributed by atoms with Gasteiger partial charge >= 0.3 is 12.1 Å². The van der Waals surface area contributed by atoms with Gasteiger partial charge in [-0.1, -0.05) is 55.0 Å². The number of rotatable bonds is 12. The molecule has 0 aliphatic rings. The van der Waals surface area contributed by atoms with E-state index in [-0.39, 0.29) is 30.6 Å². The van der Waals surface area contributed by atoms with Crippen LogP contribution in [0.4, 0.5) is 4.79 Å². The molecular formula is C34H44N4O8. The van der Waals surface area contributed by atoms with Crippen LogP contribution >= 0.6 is 0 Å². The summed E-state index contributed by atoms with van der Waals surface area (Å²) in [6.45, 7) is 11.5. The van der Waals surface area contributed by atoms with Crippen molar-refractivity contribution >= 4 is 29.8 Å². The van der Waals surface area contributed by atoms with Crippen LogP contribution in [0.2, 0.25) is 0 Å². The van der Waals surface area contributed by atoms with Crippen LogP contribution < -0.4 is 16.4 Å². The predicted molar refractivity (Wildman–Crippen MR) is 171 cm³/mol. The first kappa shape index (κ1) is 37.1. The fourth-order valence-electron chi connectivity index (χ4n) is 4.39. The third-order valence-corrected chi connectivity index (χ3v) is 6.41. The number of carbonyl (C=O) groups excluding carboxylic acids is 5. The van der Waals surface area contributed by atoms with Gasteiger partial charge in [0.15, 0.2) is 6.04 Å². The predicted octanol–water partition coefficient (Wildman–Crippen LogP) is 3.39. The third-order valence-electron chi connectivity index (χ3n) is 6.41. The quantitative estimate of drug-likeness (QED) is 0.156. The average molecular weight is 637 g/mol. The van der Waals surface area contributed by atoms with Crippen molar-refractivity contribution in [1.82, 2.24) is 15.5 Å². The molecule has 3 unspecified atom stereocenters.